The maximum atomic E-state index is 14.0. The molecule has 4 rings (SSSR count). The zero-order chi connectivity index (χ0) is 17.6. The molecular weight excluding hydrogens is 327 g/mol. The van der Waals surface area contributed by atoms with Gasteiger partial charge in [0.25, 0.3) is 11.8 Å². The molecule has 1 atom stereocenters. The molecule has 2 aliphatic heterocycles. The fourth-order valence-electron chi connectivity index (χ4n) is 3.12. The standard InChI is InChI=1S/C16H19FN6O2/c1-21-9-11(8-18-21)15(25)22-4-6-23(7-5-22)16-19-13(10-2-3-10)12(17)14(24)20-16/h8-10,12H,2-7H2,1H3. The summed E-state index contributed by atoms with van der Waals surface area (Å²) in [5.41, 5.74) is 0.874. The molecule has 1 aromatic rings. The second kappa shape index (κ2) is 6.05. The third-order valence-corrected chi connectivity index (χ3v) is 4.71. The lowest BCUT2D eigenvalue weighted by atomic mass is 10.1. The number of aliphatic imine (C=N–C) groups is 2. The first kappa shape index (κ1) is 15.9. The van der Waals surface area contributed by atoms with Gasteiger partial charge < -0.3 is 9.80 Å². The lowest BCUT2D eigenvalue weighted by molar-refractivity contribution is -0.120. The van der Waals surface area contributed by atoms with Crippen molar-refractivity contribution >= 4 is 23.5 Å². The Kier molecular flexibility index (Phi) is 3.85. The van der Waals surface area contributed by atoms with Crippen LogP contribution in [0.2, 0.25) is 0 Å². The normalized spacial score (nSPS) is 24.2. The van der Waals surface area contributed by atoms with Gasteiger partial charge in [-0.2, -0.15) is 10.1 Å². The number of amides is 2. The Labute approximate surface area is 144 Å². The molecule has 1 aromatic heterocycles. The summed E-state index contributed by atoms with van der Waals surface area (Å²) < 4.78 is 15.6. The van der Waals surface area contributed by atoms with Crippen LogP contribution in [0.15, 0.2) is 22.4 Å². The van der Waals surface area contributed by atoms with Gasteiger partial charge in [-0.3, -0.25) is 14.3 Å². The number of nitrogens with zero attached hydrogens (tertiary/aromatic N) is 6. The quantitative estimate of drug-likeness (QED) is 0.769. The fraction of sp³-hybridized carbons (Fsp3) is 0.562. The summed E-state index contributed by atoms with van der Waals surface area (Å²) in [5, 5.41) is 4.02. The van der Waals surface area contributed by atoms with Gasteiger partial charge in [-0.25, -0.2) is 9.38 Å². The minimum atomic E-state index is -1.69. The molecule has 25 heavy (non-hydrogen) atoms. The van der Waals surface area contributed by atoms with Crippen molar-refractivity contribution < 1.29 is 14.0 Å². The fourth-order valence-corrected chi connectivity index (χ4v) is 3.12. The van der Waals surface area contributed by atoms with Gasteiger partial charge in [0.2, 0.25) is 12.1 Å². The topological polar surface area (TPSA) is 83.2 Å². The molecule has 2 fully saturated rings. The van der Waals surface area contributed by atoms with Crippen LogP contribution in [0.25, 0.3) is 0 Å². The number of alkyl halides is 1. The number of hydrogen-bond acceptors (Lipinski definition) is 5. The van der Waals surface area contributed by atoms with Gasteiger partial charge in [0, 0.05) is 45.3 Å². The molecule has 3 aliphatic rings. The number of piperazine rings is 1. The summed E-state index contributed by atoms with van der Waals surface area (Å²) in [6.07, 6.45) is 3.31. The van der Waals surface area contributed by atoms with Gasteiger partial charge >= 0.3 is 0 Å². The molecule has 0 bridgehead atoms. The number of hydrogen-bond donors (Lipinski definition) is 0. The van der Waals surface area contributed by atoms with Crippen LogP contribution < -0.4 is 0 Å². The number of guanidine groups is 1. The lowest BCUT2D eigenvalue weighted by Gasteiger charge is -2.35. The Balaban J connectivity index is 1.42. The smallest absolute Gasteiger partial charge is 0.289 e. The predicted molar refractivity (Wildman–Crippen MR) is 88.2 cm³/mol. The summed E-state index contributed by atoms with van der Waals surface area (Å²) in [6, 6.07) is 0. The highest BCUT2D eigenvalue weighted by atomic mass is 19.1. The Bertz CT molecular complexity index is 773. The second-order valence-electron chi connectivity index (χ2n) is 6.61. The van der Waals surface area contributed by atoms with Gasteiger partial charge in [-0.1, -0.05) is 0 Å². The molecule has 2 amide bonds. The van der Waals surface area contributed by atoms with Gasteiger partial charge in [0.05, 0.1) is 17.5 Å². The average Bonchev–Trinajstić information content (AvgIpc) is 3.37. The highest BCUT2D eigenvalue weighted by molar-refractivity contribution is 6.18. The van der Waals surface area contributed by atoms with Gasteiger partial charge in [0.1, 0.15) is 0 Å². The largest absolute Gasteiger partial charge is 0.337 e. The number of rotatable bonds is 2. The summed E-state index contributed by atoms with van der Waals surface area (Å²) >= 11 is 0. The lowest BCUT2D eigenvalue weighted by Crippen LogP contribution is -2.51. The predicted octanol–water partition coefficient (Wildman–Crippen LogP) is 0.263. The van der Waals surface area contributed by atoms with E-state index in [0.717, 1.165) is 12.8 Å². The molecule has 1 saturated carbocycles. The van der Waals surface area contributed by atoms with E-state index in [0.29, 0.717) is 37.5 Å². The molecule has 1 aliphatic carbocycles. The molecular formula is C16H19FN6O2. The molecule has 9 heteroatoms. The Morgan fingerprint density at radius 1 is 1.20 bits per heavy atom. The molecule has 8 nitrogen and oxygen atoms in total. The van der Waals surface area contributed by atoms with Crippen molar-refractivity contribution in [3.63, 3.8) is 0 Å². The van der Waals surface area contributed by atoms with Crippen molar-refractivity contribution in [3.05, 3.63) is 18.0 Å². The van der Waals surface area contributed by atoms with Crippen LogP contribution in [-0.2, 0) is 11.8 Å². The van der Waals surface area contributed by atoms with E-state index in [4.69, 9.17) is 0 Å². The van der Waals surface area contributed by atoms with E-state index >= 15 is 0 Å². The van der Waals surface area contributed by atoms with E-state index < -0.39 is 12.1 Å². The SMILES string of the molecule is Cn1cc(C(=O)N2CCN(C3=NC(=O)C(F)C(C4CC4)=N3)CC2)cn1. The van der Waals surface area contributed by atoms with Crippen molar-refractivity contribution in [3.8, 4) is 0 Å². The summed E-state index contributed by atoms with van der Waals surface area (Å²) in [5.74, 6) is -0.464. The van der Waals surface area contributed by atoms with Crippen molar-refractivity contribution in [1.29, 1.82) is 0 Å². The third-order valence-electron chi connectivity index (χ3n) is 4.71. The Morgan fingerprint density at radius 2 is 1.92 bits per heavy atom. The van der Waals surface area contributed by atoms with Crippen LogP contribution in [0.5, 0.6) is 0 Å². The van der Waals surface area contributed by atoms with E-state index in [-0.39, 0.29) is 17.8 Å². The summed E-state index contributed by atoms with van der Waals surface area (Å²) in [7, 11) is 1.76. The van der Waals surface area contributed by atoms with E-state index in [1.807, 2.05) is 4.90 Å². The second-order valence-corrected chi connectivity index (χ2v) is 6.61. The van der Waals surface area contributed by atoms with Crippen LogP contribution in [0.1, 0.15) is 23.2 Å². The van der Waals surface area contributed by atoms with Gasteiger partial charge in [-0.05, 0) is 12.8 Å². The first-order chi connectivity index (χ1) is 12.0. The van der Waals surface area contributed by atoms with E-state index in [9.17, 15) is 14.0 Å². The van der Waals surface area contributed by atoms with Crippen LogP contribution in [0.4, 0.5) is 4.39 Å². The van der Waals surface area contributed by atoms with Crippen LogP contribution in [-0.4, -0.2) is 75.4 Å². The molecule has 132 valence electrons. The van der Waals surface area contributed by atoms with Gasteiger partial charge in [-0.15, -0.1) is 0 Å². The van der Waals surface area contributed by atoms with E-state index in [2.05, 4.69) is 15.1 Å². The highest BCUT2D eigenvalue weighted by Crippen LogP contribution is 2.34. The van der Waals surface area contributed by atoms with Crippen molar-refractivity contribution in [1.82, 2.24) is 19.6 Å². The first-order valence-electron chi connectivity index (χ1n) is 8.41. The zero-order valence-electron chi connectivity index (χ0n) is 13.9. The van der Waals surface area contributed by atoms with E-state index in [1.165, 1.54) is 0 Å². The van der Waals surface area contributed by atoms with Crippen LogP contribution in [0.3, 0.4) is 0 Å². The molecule has 1 saturated heterocycles. The molecule has 0 radical (unpaired) electrons. The maximum absolute atomic E-state index is 14.0. The molecule has 0 aromatic carbocycles. The minimum Gasteiger partial charge on any atom is -0.337 e. The summed E-state index contributed by atoms with van der Waals surface area (Å²) in [4.78, 5) is 35.9. The van der Waals surface area contributed by atoms with Crippen molar-refractivity contribution in [2.45, 2.75) is 19.0 Å². The van der Waals surface area contributed by atoms with Crippen molar-refractivity contribution in [2.75, 3.05) is 26.2 Å². The van der Waals surface area contributed by atoms with Crippen LogP contribution in [0, 0.1) is 5.92 Å². The van der Waals surface area contributed by atoms with Crippen LogP contribution >= 0.6 is 0 Å². The number of carbonyl (C=O) groups excluding carboxylic acids is 2. The average molecular weight is 346 g/mol. The monoisotopic (exact) mass is 346 g/mol. The minimum absolute atomic E-state index is 0.0691. The first-order valence-corrected chi connectivity index (χ1v) is 8.41. The van der Waals surface area contributed by atoms with E-state index in [1.54, 1.807) is 29.0 Å². The third kappa shape index (κ3) is 3.06. The Morgan fingerprint density at radius 3 is 2.52 bits per heavy atom. The Hall–Kier alpha value is -2.58. The number of aryl methyl sites for hydroxylation is 1. The summed E-state index contributed by atoms with van der Waals surface area (Å²) in [6.45, 7) is 2.01. The highest BCUT2D eigenvalue weighted by Gasteiger charge is 2.40. The zero-order valence-corrected chi connectivity index (χ0v) is 13.9. The number of aromatic nitrogens is 2. The molecule has 1 unspecified atom stereocenters. The maximum Gasteiger partial charge on any atom is 0.289 e. The number of halogens is 1. The molecule has 0 N–H and O–H groups in total. The molecule has 3 heterocycles. The van der Waals surface area contributed by atoms with Crippen molar-refractivity contribution in [2.24, 2.45) is 23.0 Å². The number of carbonyl (C=O) groups is 2. The van der Waals surface area contributed by atoms with Gasteiger partial charge in [0.15, 0.2) is 0 Å². The molecule has 0 spiro atoms.